The highest BCUT2D eigenvalue weighted by atomic mass is 79.9. The molecule has 0 spiro atoms. The summed E-state index contributed by atoms with van der Waals surface area (Å²) in [7, 11) is 0. The number of ether oxygens (including phenoxy) is 1. The highest BCUT2D eigenvalue weighted by Gasteiger charge is 2.05. The van der Waals surface area contributed by atoms with Crippen molar-refractivity contribution in [2.75, 3.05) is 0 Å². The van der Waals surface area contributed by atoms with Crippen molar-refractivity contribution >= 4 is 39.3 Å². The Hall–Kier alpha value is -1.66. The molecule has 0 atom stereocenters. The largest absolute Gasteiger partial charge is 0.486 e. The number of rotatable bonds is 5. The molecule has 2 aromatic rings. The predicted molar refractivity (Wildman–Crippen MR) is 82.0 cm³/mol. The van der Waals surface area contributed by atoms with E-state index in [1.165, 1.54) is 17.4 Å². The van der Waals surface area contributed by atoms with E-state index in [9.17, 15) is 4.79 Å². The molecule has 0 fully saturated rings. The van der Waals surface area contributed by atoms with Crippen molar-refractivity contribution in [1.29, 1.82) is 0 Å². The van der Waals surface area contributed by atoms with Crippen LogP contribution >= 0.6 is 27.3 Å². The predicted octanol–water partition coefficient (Wildman–Crippen LogP) is 3.89. The first-order valence-corrected chi connectivity index (χ1v) is 7.46. The summed E-state index contributed by atoms with van der Waals surface area (Å²) in [6, 6.07) is 5.45. The monoisotopic (exact) mass is 353 g/mol. The number of hydrogen-bond donors (Lipinski definition) is 1. The Bertz CT molecular complexity index is 652. The summed E-state index contributed by atoms with van der Waals surface area (Å²) >= 11 is 4.89. The van der Waals surface area contributed by atoms with Crippen LogP contribution < -0.4 is 4.74 Å². The number of halogens is 1. The summed E-state index contributed by atoms with van der Waals surface area (Å²) in [5, 5.41) is 11.5. The Morgan fingerprint density at radius 1 is 1.55 bits per heavy atom. The summed E-state index contributed by atoms with van der Waals surface area (Å²) in [5.41, 5.74) is 1.67. The molecule has 0 radical (unpaired) electrons. The van der Waals surface area contributed by atoms with Crippen LogP contribution in [0.2, 0.25) is 0 Å². The maximum absolute atomic E-state index is 10.6. The molecule has 0 saturated heterocycles. The van der Waals surface area contributed by atoms with Crippen LogP contribution in [0.15, 0.2) is 34.1 Å². The van der Waals surface area contributed by atoms with E-state index < -0.39 is 5.97 Å². The van der Waals surface area contributed by atoms with Gasteiger partial charge < -0.3 is 9.84 Å². The summed E-state index contributed by atoms with van der Waals surface area (Å²) in [6.45, 7) is 2.30. The number of carbonyl (C=O) groups is 1. The Morgan fingerprint density at radius 3 is 3.00 bits per heavy atom. The normalized spacial score (nSPS) is 10.9. The van der Waals surface area contributed by atoms with Gasteiger partial charge in [-0.25, -0.2) is 9.78 Å². The molecule has 2 rings (SSSR count). The van der Waals surface area contributed by atoms with E-state index in [0.29, 0.717) is 17.9 Å². The molecule has 0 saturated carbocycles. The van der Waals surface area contributed by atoms with Gasteiger partial charge in [0.2, 0.25) is 0 Å². The molecule has 1 aromatic carbocycles. The van der Waals surface area contributed by atoms with Crippen molar-refractivity contribution in [3.05, 3.63) is 50.4 Å². The lowest BCUT2D eigenvalue weighted by Gasteiger charge is -2.08. The Morgan fingerprint density at radius 2 is 2.35 bits per heavy atom. The molecular formula is C14H12BrNO3S. The number of carboxylic acid groups (broad SMARTS) is 1. The average molecular weight is 354 g/mol. The zero-order valence-corrected chi connectivity index (χ0v) is 13.1. The Labute approximate surface area is 128 Å². The van der Waals surface area contributed by atoms with Crippen LogP contribution in [-0.4, -0.2) is 16.1 Å². The quantitative estimate of drug-likeness (QED) is 0.828. The van der Waals surface area contributed by atoms with Gasteiger partial charge in [0, 0.05) is 27.2 Å². The fraction of sp³-hybridized carbons (Fsp3) is 0.143. The first-order chi connectivity index (χ1) is 9.54. The highest BCUT2D eigenvalue weighted by molar-refractivity contribution is 9.10. The minimum atomic E-state index is -0.994. The van der Waals surface area contributed by atoms with E-state index in [1.54, 1.807) is 6.07 Å². The van der Waals surface area contributed by atoms with Crippen molar-refractivity contribution in [3.63, 3.8) is 0 Å². The van der Waals surface area contributed by atoms with Gasteiger partial charge in [0.15, 0.2) is 0 Å². The van der Waals surface area contributed by atoms with Crippen LogP contribution in [0.25, 0.3) is 6.08 Å². The zero-order chi connectivity index (χ0) is 14.5. The fourth-order valence-electron chi connectivity index (χ4n) is 1.55. The van der Waals surface area contributed by atoms with E-state index in [1.807, 2.05) is 24.4 Å². The van der Waals surface area contributed by atoms with Gasteiger partial charge in [-0.2, -0.15) is 0 Å². The minimum absolute atomic E-state index is 0.369. The Balaban J connectivity index is 2.15. The molecule has 4 nitrogen and oxygen atoms in total. The van der Waals surface area contributed by atoms with E-state index in [0.717, 1.165) is 21.3 Å². The Kier molecular flexibility index (Phi) is 4.92. The van der Waals surface area contributed by atoms with Crippen molar-refractivity contribution in [2.24, 2.45) is 0 Å². The van der Waals surface area contributed by atoms with Crippen LogP contribution in [0.3, 0.4) is 0 Å². The van der Waals surface area contributed by atoms with Crippen molar-refractivity contribution in [3.8, 4) is 5.75 Å². The molecule has 0 amide bonds. The van der Waals surface area contributed by atoms with Gasteiger partial charge in [-0.05, 0) is 31.2 Å². The molecule has 0 aliphatic carbocycles. The van der Waals surface area contributed by atoms with Crippen LogP contribution in [0.1, 0.15) is 16.3 Å². The number of aryl methyl sites for hydroxylation is 1. The maximum Gasteiger partial charge on any atom is 0.328 e. The van der Waals surface area contributed by atoms with E-state index >= 15 is 0 Å². The molecule has 0 unspecified atom stereocenters. The molecule has 104 valence electrons. The van der Waals surface area contributed by atoms with Gasteiger partial charge >= 0.3 is 5.97 Å². The van der Waals surface area contributed by atoms with Gasteiger partial charge in [0.1, 0.15) is 17.4 Å². The second kappa shape index (κ2) is 6.67. The molecule has 0 aliphatic heterocycles. The lowest BCUT2D eigenvalue weighted by Crippen LogP contribution is -1.97. The number of benzene rings is 1. The lowest BCUT2D eigenvalue weighted by atomic mass is 10.2. The first kappa shape index (κ1) is 14.7. The topological polar surface area (TPSA) is 59.4 Å². The second-order valence-corrected chi connectivity index (χ2v) is 5.88. The van der Waals surface area contributed by atoms with Gasteiger partial charge in [0.05, 0.1) is 0 Å². The van der Waals surface area contributed by atoms with Crippen molar-refractivity contribution < 1.29 is 14.6 Å². The number of thiazole rings is 1. The van der Waals surface area contributed by atoms with Crippen LogP contribution in [0, 0.1) is 6.92 Å². The number of aliphatic carboxylic acids is 1. The summed E-state index contributed by atoms with van der Waals surface area (Å²) < 4.78 is 6.57. The van der Waals surface area contributed by atoms with E-state index in [4.69, 9.17) is 9.84 Å². The smallest absolute Gasteiger partial charge is 0.328 e. The zero-order valence-electron chi connectivity index (χ0n) is 10.7. The molecule has 6 heteroatoms. The van der Waals surface area contributed by atoms with Crippen molar-refractivity contribution in [1.82, 2.24) is 4.98 Å². The molecule has 20 heavy (non-hydrogen) atoms. The van der Waals surface area contributed by atoms with Gasteiger partial charge in [0.25, 0.3) is 0 Å². The summed E-state index contributed by atoms with van der Waals surface area (Å²) in [4.78, 5) is 14.9. The van der Waals surface area contributed by atoms with Gasteiger partial charge in [-0.15, -0.1) is 11.3 Å². The fourth-order valence-corrected chi connectivity index (χ4v) is 2.61. The number of nitrogens with zero attached hydrogens (tertiary/aromatic N) is 1. The maximum atomic E-state index is 10.6. The molecular weight excluding hydrogens is 342 g/mol. The van der Waals surface area contributed by atoms with Crippen LogP contribution in [0.5, 0.6) is 5.75 Å². The van der Waals surface area contributed by atoms with Crippen LogP contribution in [-0.2, 0) is 11.4 Å². The molecule has 0 aliphatic rings. The van der Waals surface area contributed by atoms with Gasteiger partial charge in [-0.1, -0.05) is 15.9 Å². The SMILES string of the molecule is Cc1csc(COc2ccc(Br)cc2/C=C/C(=O)O)n1. The summed E-state index contributed by atoms with van der Waals surface area (Å²) in [5.74, 6) is -0.370. The van der Waals surface area contributed by atoms with E-state index in [2.05, 4.69) is 20.9 Å². The van der Waals surface area contributed by atoms with Crippen LogP contribution in [0.4, 0.5) is 0 Å². The molecule has 1 heterocycles. The van der Waals surface area contributed by atoms with E-state index in [-0.39, 0.29) is 0 Å². The molecule has 1 aromatic heterocycles. The number of hydrogen-bond acceptors (Lipinski definition) is 4. The lowest BCUT2D eigenvalue weighted by molar-refractivity contribution is -0.131. The van der Waals surface area contributed by atoms with Gasteiger partial charge in [-0.3, -0.25) is 0 Å². The molecule has 0 bridgehead atoms. The molecule has 1 N–H and O–H groups in total. The highest BCUT2D eigenvalue weighted by Crippen LogP contribution is 2.25. The third-order valence-corrected chi connectivity index (χ3v) is 3.83. The summed E-state index contributed by atoms with van der Waals surface area (Å²) in [6.07, 6.45) is 2.59. The average Bonchev–Trinajstić information content (AvgIpc) is 2.81. The standard InChI is InChI=1S/C14H12BrNO3S/c1-9-8-20-13(16-9)7-19-12-4-3-11(15)6-10(12)2-5-14(17)18/h2-6,8H,7H2,1H3,(H,17,18)/b5-2+. The first-order valence-electron chi connectivity index (χ1n) is 5.79. The third-order valence-electron chi connectivity index (χ3n) is 2.40. The third kappa shape index (κ3) is 4.18. The number of aromatic nitrogens is 1. The van der Waals surface area contributed by atoms with Crippen molar-refractivity contribution in [2.45, 2.75) is 13.5 Å². The second-order valence-electron chi connectivity index (χ2n) is 4.03. The minimum Gasteiger partial charge on any atom is -0.486 e. The number of carboxylic acids is 1.